The van der Waals surface area contributed by atoms with E-state index in [4.69, 9.17) is 0 Å². The van der Waals surface area contributed by atoms with Gasteiger partial charge in [-0.15, -0.1) is 11.8 Å². The van der Waals surface area contributed by atoms with Crippen LogP contribution in [0.25, 0.3) is 10.9 Å². The summed E-state index contributed by atoms with van der Waals surface area (Å²) in [5.41, 5.74) is 1.35. The maximum absolute atomic E-state index is 12.5. The first-order chi connectivity index (χ1) is 13.1. The number of amides is 1. The first kappa shape index (κ1) is 19.5. The highest BCUT2D eigenvalue weighted by Gasteiger charge is 2.30. The molecule has 3 rings (SSSR count). The van der Waals surface area contributed by atoms with Crippen molar-refractivity contribution in [3.05, 3.63) is 36.0 Å². The molecule has 1 atom stereocenters. The van der Waals surface area contributed by atoms with Gasteiger partial charge in [0.05, 0.1) is 12.8 Å². The van der Waals surface area contributed by atoms with E-state index in [1.165, 1.54) is 7.11 Å². The number of para-hydroxylation sites is 1. The number of methoxy groups -OCH3 is 1. The number of phenolic OH excluding ortho intramolecular Hbond substituents is 1. The van der Waals surface area contributed by atoms with Crippen molar-refractivity contribution in [2.75, 3.05) is 19.4 Å². The van der Waals surface area contributed by atoms with Gasteiger partial charge in [-0.05, 0) is 25.0 Å². The molecule has 1 fully saturated rings. The third-order valence-electron chi connectivity index (χ3n) is 4.68. The van der Waals surface area contributed by atoms with Crippen LogP contribution < -0.4 is 0 Å². The topological polar surface area (TPSA) is 79.7 Å². The Bertz CT molecular complexity index is 827. The van der Waals surface area contributed by atoms with Crippen LogP contribution in [0.15, 0.2) is 30.3 Å². The van der Waals surface area contributed by atoms with Gasteiger partial charge in [-0.2, -0.15) is 0 Å². The fourth-order valence-electron chi connectivity index (χ4n) is 3.22. The van der Waals surface area contributed by atoms with Gasteiger partial charge >= 0.3 is 5.97 Å². The van der Waals surface area contributed by atoms with Gasteiger partial charge in [0.2, 0.25) is 5.91 Å². The van der Waals surface area contributed by atoms with Crippen LogP contribution in [0.4, 0.5) is 0 Å². The van der Waals surface area contributed by atoms with Gasteiger partial charge in [-0.3, -0.25) is 9.59 Å². The van der Waals surface area contributed by atoms with E-state index >= 15 is 0 Å². The van der Waals surface area contributed by atoms with Gasteiger partial charge in [0, 0.05) is 30.5 Å². The van der Waals surface area contributed by atoms with Gasteiger partial charge < -0.3 is 14.7 Å². The lowest BCUT2D eigenvalue weighted by atomic mass is 10.1. The molecule has 1 aromatic heterocycles. The summed E-state index contributed by atoms with van der Waals surface area (Å²) in [4.78, 5) is 30.2. The molecule has 1 unspecified atom stereocenters. The second kappa shape index (κ2) is 9.08. The van der Waals surface area contributed by atoms with E-state index in [1.807, 2.05) is 23.1 Å². The molecule has 27 heavy (non-hydrogen) atoms. The Morgan fingerprint density at radius 3 is 2.96 bits per heavy atom. The Hall–Kier alpha value is -2.28. The van der Waals surface area contributed by atoms with Crippen LogP contribution in [0.3, 0.4) is 0 Å². The fraction of sp³-hybridized carbons (Fsp3) is 0.450. The Labute approximate surface area is 162 Å². The maximum atomic E-state index is 12.5. The Morgan fingerprint density at radius 2 is 2.15 bits per heavy atom. The standard InChI is InChI=1S/C20H24N2O4S/c1-26-18(25)8-3-2-4-12-22-17(24)11-13-27-20(22)15-10-9-14-6-5-7-16(23)19(14)21-15/h5-7,9-10,20,23H,2-4,8,11-13H2,1H3. The normalized spacial score (nSPS) is 17.3. The monoisotopic (exact) mass is 388 g/mol. The number of aromatic hydroxyl groups is 1. The number of aromatic nitrogens is 1. The molecular weight excluding hydrogens is 364 g/mol. The molecule has 1 saturated heterocycles. The van der Waals surface area contributed by atoms with E-state index in [2.05, 4.69) is 9.72 Å². The van der Waals surface area contributed by atoms with E-state index in [-0.39, 0.29) is 23.0 Å². The van der Waals surface area contributed by atoms with E-state index in [9.17, 15) is 14.7 Å². The molecule has 6 nitrogen and oxygen atoms in total. The van der Waals surface area contributed by atoms with Gasteiger partial charge in [0.25, 0.3) is 0 Å². The molecule has 144 valence electrons. The molecule has 2 heterocycles. The van der Waals surface area contributed by atoms with E-state index in [0.29, 0.717) is 24.9 Å². The third kappa shape index (κ3) is 4.71. The predicted molar refractivity (Wildman–Crippen MR) is 105 cm³/mol. The summed E-state index contributed by atoms with van der Waals surface area (Å²) in [6, 6.07) is 9.19. The zero-order chi connectivity index (χ0) is 19.2. The molecule has 0 aliphatic carbocycles. The van der Waals surface area contributed by atoms with E-state index in [0.717, 1.165) is 36.1 Å². The number of pyridine rings is 1. The summed E-state index contributed by atoms with van der Waals surface area (Å²) in [5, 5.41) is 10.8. The molecule has 0 bridgehead atoms. The quantitative estimate of drug-likeness (QED) is 0.576. The third-order valence-corrected chi connectivity index (χ3v) is 5.93. The zero-order valence-electron chi connectivity index (χ0n) is 15.4. The molecular formula is C20H24N2O4S. The lowest BCUT2D eigenvalue weighted by molar-refractivity contribution is -0.140. The Balaban J connectivity index is 1.69. The van der Waals surface area contributed by atoms with Crippen molar-refractivity contribution in [1.29, 1.82) is 0 Å². The predicted octanol–water partition coefficient (Wildman–Crippen LogP) is 3.64. The number of ether oxygens (including phenoxy) is 1. The maximum Gasteiger partial charge on any atom is 0.305 e. The molecule has 1 N–H and O–H groups in total. The first-order valence-electron chi connectivity index (χ1n) is 9.16. The van der Waals surface area contributed by atoms with Crippen LogP contribution >= 0.6 is 11.8 Å². The van der Waals surface area contributed by atoms with Crippen molar-refractivity contribution >= 4 is 34.5 Å². The number of esters is 1. The average molecular weight is 388 g/mol. The molecule has 1 amide bonds. The minimum atomic E-state index is -0.197. The number of phenols is 1. The van der Waals surface area contributed by atoms with Crippen LogP contribution in [-0.4, -0.2) is 46.3 Å². The summed E-state index contributed by atoms with van der Waals surface area (Å²) < 4.78 is 4.65. The van der Waals surface area contributed by atoms with Crippen LogP contribution in [0, 0.1) is 0 Å². The average Bonchev–Trinajstić information content (AvgIpc) is 2.68. The van der Waals surface area contributed by atoms with Gasteiger partial charge in [0.15, 0.2) is 0 Å². The second-order valence-corrected chi connectivity index (χ2v) is 7.72. The van der Waals surface area contributed by atoms with E-state index < -0.39 is 0 Å². The fourth-order valence-corrected chi connectivity index (χ4v) is 4.44. The molecule has 0 saturated carbocycles. The summed E-state index contributed by atoms with van der Waals surface area (Å²) in [6.07, 6.45) is 3.39. The highest BCUT2D eigenvalue weighted by Crippen LogP contribution is 2.38. The van der Waals surface area contributed by atoms with Gasteiger partial charge in [0.1, 0.15) is 16.6 Å². The highest BCUT2D eigenvalue weighted by atomic mass is 32.2. The van der Waals surface area contributed by atoms with Crippen molar-refractivity contribution in [2.24, 2.45) is 0 Å². The number of hydrogen-bond donors (Lipinski definition) is 1. The number of thioether (sulfide) groups is 1. The largest absolute Gasteiger partial charge is 0.506 e. The summed E-state index contributed by atoms with van der Waals surface area (Å²) in [7, 11) is 1.39. The number of fused-ring (bicyclic) bond motifs is 1. The van der Waals surface area contributed by atoms with Crippen molar-refractivity contribution < 1.29 is 19.4 Å². The lowest BCUT2D eigenvalue weighted by Gasteiger charge is -2.35. The molecule has 7 heteroatoms. The van der Waals surface area contributed by atoms with E-state index in [1.54, 1.807) is 23.9 Å². The lowest BCUT2D eigenvalue weighted by Crippen LogP contribution is -2.38. The minimum Gasteiger partial charge on any atom is -0.506 e. The Morgan fingerprint density at radius 1 is 1.30 bits per heavy atom. The number of rotatable bonds is 7. The van der Waals surface area contributed by atoms with Crippen LogP contribution in [-0.2, 0) is 14.3 Å². The van der Waals surface area contributed by atoms with Crippen molar-refractivity contribution in [1.82, 2.24) is 9.88 Å². The minimum absolute atomic E-state index is 0.130. The number of carbonyl (C=O) groups excluding carboxylic acids is 2. The number of unbranched alkanes of at least 4 members (excludes halogenated alkanes) is 2. The van der Waals surface area contributed by atoms with Crippen molar-refractivity contribution in [3.63, 3.8) is 0 Å². The number of carbonyl (C=O) groups is 2. The number of hydrogen-bond acceptors (Lipinski definition) is 6. The summed E-state index contributed by atoms with van der Waals surface area (Å²) >= 11 is 1.70. The Kier molecular flexibility index (Phi) is 6.55. The van der Waals surface area contributed by atoms with Crippen molar-refractivity contribution in [3.8, 4) is 5.75 Å². The molecule has 0 spiro atoms. The number of nitrogens with zero attached hydrogens (tertiary/aromatic N) is 2. The number of benzene rings is 1. The highest BCUT2D eigenvalue weighted by molar-refractivity contribution is 7.99. The van der Waals surface area contributed by atoms with Crippen LogP contribution in [0.1, 0.15) is 43.2 Å². The molecule has 1 aliphatic rings. The zero-order valence-corrected chi connectivity index (χ0v) is 16.2. The molecule has 1 aliphatic heterocycles. The molecule has 0 radical (unpaired) electrons. The second-order valence-electron chi connectivity index (χ2n) is 6.53. The smallest absolute Gasteiger partial charge is 0.305 e. The van der Waals surface area contributed by atoms with Gasteiger partial charge in [-0.25, -0.2) is 4.98 Å². The van der Waals surface area contributed by atoms with Crippen LogP contribution in [0.5, 0.6) is 5.75 Å². The summed E-state index contributed by atoms with van der Waals surface area (Å²) in [6.45, 7) is 0.637. The summed E-state index contributed by atoms with van der Waals surface area (Å²) in [5.74, 6) is 0.849. The van der Waals surface area contributed by atoms with Crippen LogP contribution in [0.2, 0.25) is 0 Å². The van der Waals surface area contributed by atoms with Gasteiger partial charge in [-0.1, -0.05) is 24.6 Å². The SMILES string of the molecule is COC(=O)CCCCCN1C(=O)CCSC1c1ccc2cccc(O)c2n1. The molecule has 2 aromatic rings. The van der Waals surface area contributed by atoms with Crippen molar-refractivity contribution in [2.45, 2.75) is 37.5 Å². The first-order valence-corrected chi connectivity index (χ1v) is 10.2. The molecule has 1 aromatic carbocycles.